The van der Waals surface area contributed by atoms with Gasteiger partial charge < -0.3 is 4.74 Å². The molecule has 0 saturated heterocycles. The fourth-order valence-corrected chi connectivity index (χ4v) is 1.08. The van der Waals surface area contributed by atoms with Crippen molar-refractivity contribution in [3.63, 3.8) is 0 Å². The smallest absolute Gasteiger partial charge is 0.273 e. The second-order valence-electron chi connectivity index (χ2n) is 2.28. The van der Waals surface area contributed by atoms with Gasteiger partial charge in [0.05, 0.1) is 13.5 Å². The minimum absolute atomic E-state index is 0.237. The predicted octanol–water partition coefficient (Wildman–Crippen LogP) is 2.37. The molecule has 0 heterocycles. The molecule has 0 spiro atoms. The molecule has 1 nitrogen and oxygen atoms in total. The van der Waals surface area contributed by atoms with E-state index in [4.69, 9.17) is 4.74 Å². The average molecular weight is 178 g/mol. The third-order valence-electron chi connectivity index (χ3n) is 1.41. The highest BCUT2D eigenvalue weighted by molar-refractivity contribution is 7.84. The Bertz CT molecular complexity index is 220. The minimum Gasteiger partial charge on any atom is -0.500 e. The quantitative estimate of drug-likeness (QED) is 0.606. The highest BCUT2D eigenvalue weighted by atomic mass is 32.1. The molecule has 1 rings (SSSR count). The van der Waals surface area contributed by atoms with Crippen LogP contribution < -0.4 is 0 Å². The standard InChI is InChI=1S/C7H8F2OS/c1-10-5-4-7(8,9)3-2-6(5)11/h2-3,11H,4H2,1H3. The Labute approximate surface area is 69.1 Å². The average Bonchev–Trinajstić information content (AvgIpc) is 1.94. The first-order chi connectivity index (χ1) is 5.05. The zero-order chi connectivity index (χ0) is 8.48. The maximum Gasteiger partial charge on any atom is 0.273 e. The number of rotatable bonds is 1. The van der Waals surface area contributed by atoms with Gasteiger partial charge in [0, 0.05) is 4.91 Å². The Hall–Kier alpha value is -0.510. The van der Waals surface area contributed by atoms with Gasteiger partial charge >= 0.3 is 0 Å². The van der Waals surface area contributed by atoms with Crippen molar-refractivity contribution in [3.8, 4) is 0 Å². The maximum absolute atomic E-state index is 12.6. The molecule has 0 bridgehead atoms. The van der Waals surface area contributed by atoms with E-state index in [0.717, 1.165) is 6.08 Å². The minimum atomic E-state index is -2.78. The summed E-state index contributed by atoms with van der Waals surface area (Å²) in [6.07, 6.45) is 1.70. The van der Waals surface area contributed by atoms with Crippen LogP contribution >= 0.6 is 12.6 Å². The highest BCUT2D eigenvalue weighted by Gasteiger charge is 2.31. The lowest BCUT2D eigenvalue weighted by atomic mass is 10.1. The lowest BCUT2D eigenvalue weighted by Crippen LogP contribution is -2.17. The van der Waals surface area contributed by atoms with Gasteiger partial charge in [-0.05, 0) is 12.2 Å². The summed E-state index contributed by atoms with van der Waals surface area (Å²) in [5.41, 5.74) is 0. The molecule has 0 radical (unpaired) electrons. The van der Waals surface area contributed by atoms with Gasteiger partial charge in [-0.15, -0.1) is 12.6 Å². The molecule has 1 aliphatic rings. The normalized spacial score (nSPS) is 22.2. The van der Waals surface area contributed by atoms with E-state index in [1.165, 1.54) is 13.2 Å². The van der Waals surface area contributed by atoms with Crippen molar-refractivity contribution >= 4 is 12.6 Å². The molecule has 0 N–H and O–H groups in total. The van der Waals surface area contributed by atoms with Crippen LogP contribution in [-0.2, 0) is 4.74 Å². The number of hydrogen-bond acceptors (Lipinski definition) is 2. The summed E-state index contributed by atoms with van der Waals surface area (Å²) in [5, 5.41) is 0. The van der Waals surface area contributed by atoms with E-state index in [-0.39, 0.29) is 5.76 Å². The van der Waals surface area contributed by atoms with E-state index in [2.05, 4.69) is 12.6 Å². The van der Waals surface area contributed by atoms with Crippen molar-refractivity contribution in [3.05, 3.63) is 22.8 Å². The maximum atomic E-state index is 12.6. The largest absolute Gasteiger partial charge is 0.500 e. The fourth-order valence-electron chi connectivity index (χ4n) is 0.834. The zero-order valence-corrected chi connectivity index (χ0v) is 6.87. The van der Waals surface area contributed by atoms with E-state index in [9.17, 15) is 8.78 Å². The zero-order valence-electron chi connectivity index (χ0n) is 5.97. The third-order valence-corrected chi connectivity index (χ3v) is 1.81. The topological polar surface area (TPSA) is 9.23 Å². The Balaban J connectivity index is 2.84. The molecule has 0 aromatic rings. The SMILES string of the molecule is COC1=C(S)C=CC(F)(F)C1. The molecule has 4 heteroatoms. The van der Waals surface area contributed by atoms with E-state index in [1.54, 1.807) is 0 Å². The van der Waals surface area contributed by atoms with Crippen LogP contribution in [0.25, 0.3) is 0 Å². The van der Waals surface area contributed by atoms with Crippen LogP contribution in [-0.4, -0.2) is 13.0 Å². The van der Waals surface area contributed by atoms with E-state index in [0.29, 0.717) is 4.91 Å². The summed E-state index contributed by atoms with van der Waals surface area (Å²) in [7, 11) is 1.36. The first-order valence-corrected chi connectivity index (χ1v) is 3.53. The van der Waals surface area contributed by atoms with Gasteiger partial charge in [-0.1, -0.05) is 0 Å². The Morgan fingerprint density at radius 1 is 1.64 bits per heavy atom. The molecule has 0 saturated carbocycles. The van der Waals surface area contributed by atoms with Crippen LogP contribution in [0.3, 0.4) is 0 Å². The molecule has 0 fully saturated rings. The lowest BCUT2D eigenvalue weighted by Gasteiger charge is -2.18. The second-order valence-corrected chi connectivity index (χ2v) is 2.77. The molecule has 11 heavy (non-hydrogen) atoms. The number of halogens is 2. The Morgan fingerprint density at radius 3 is 2.73 bits per heavy atom. The van der Waals surface area contributed by atoms with Crippen LogP contribution in [0.4, 0.5) is 8.78 Å². The number of methoxy groups -OCH3 is 1. The molecule has 1 aliphatic carbocycles. The van der Waals surface area contributed by atoms with Crippen molar-refractivity contribution in [2.24, 2.45) is 0 Å². The first-order valence-electron chi connectivity index (χ1n) is 3.08. The summed E-state index contributed by atoms with van der Waals surface area (Å²) in [6.45, 7) is 0. The number of allylic oxidation sites excluding steroid dienone is 3. The second kappa shape index (κ2) is 2.85. The van der Waals surface area contributed by atoms with Crippen LogP contribution in [0.5, 0.6) is 0 Å². The Kier molecular flexibility index (Phi) is 2.23. The van der Waals surface area contributed by atoms with Gasteiger partial charge in [-0.3, -0.25) is 0 Å². The number of alkyl halides is 2. The summed E-state index contributed by atoms with van der Waals surface area (Å²) in [6, 6.07) is 0. The molecule has 62 valence electrons. The number of thiol groups is 1. The van der Waals surface area contributed by atoms with Crippen LogP contribution in [0.1, 0.15) is 6.42 Å². The van der Waals surface area contributed by atoms with Gasteiger partial charge in [-0.2, -0.15) is 0 Å². The monoisotopic (exact) mass is 178 g/mol. The van der Waals surface area contributed by atoms with Crippen molar-refractivity contribution in [2.45, 2.75) is 12.3 Å². The highest BCUT2D eigenvalue weighted by Crippen LogP contribution is 2.32. The van der Waals surface area contributed by atoms with Crippen LogP contribution in [0, 0.1) is 0 Å². The van der Waals surface area contributed by atoms with Gasteiger partial charge in [0.1, 0.15) is 5.76 Å². The lowest BCUT2D eigenvalue weighted by molar-refractivity contribution is 0.0377. The predicted molar refractivity (Wildman–Crippen MR) is 41.7 cm³/mol. The van der Waals surface area contributed by atoms with Gasteiger partial charge in [0.25, 0.3) is 5.92 Å². The van der Waals surface area contributed by atoms with E-state index >= 15 is 0 Å². The molecule has 0 aromatic carbocycles. The van der Waals surface area contributed by atoms with Gasteiger partial charge in [0.15, 0.2) is 0 Å². The molecule has 0 amide bonds. The summed E-state index contributed by atoms with van der Waals surface area (Å²) in [4.78, 5) is 0.471. The van der Waals surface area contributed by atoms with Crippen molar-refractivity contribution < 1.29 is 13.5 Å². The number of ether oxygens (including phenoxy) is 1. The molecule has 0 unspecified atom stereocenters. The van der Waals surface area contributed by atoms with Gasteiger partial charge in [-0.25, -0.2) is 8.78 Å². The number of hydrogen-bond donors (Lipinski definition) is 1. The van der Waals surface area contributed by atoms with Crippen LogP contribution in [0.15, 0.2) is 22.8 Å². The Morgan fingerprint density at radius 2 is 2.27 bits per heavy atom. The fraction of sp³-hybridized carbons (Fsp3) is 0.429. The first kappa shape index (κ1) is 8.59. The molecule has 0 aromatic heterocycles. The molecular formula is C7H8F2OS. The van der Waals surface area contributed by atoms with Crippen molar-refractivity contribution in [1.29, 1.82) is 0 Å². The van der Waals surface area contributed by atoms with Gasteiger partial charge in [0.2, 0.25) is 0 Å². The van der Waals surface area contributed by atoms with Crippen molar-refractivity contribution in [1.82, 2.24) is 0 Å². The van der Waals surface area contributed by atoms with E-state index < -0.39 is 12.3 Å². The summed E-state index contributed by atoms with van der Waals surface area (Å²) in [5.74, 6) is -2.54. The molecule has 0 aliphatic heterocycles. The molecular weight excluding hydrogens is 170 g/mol. The molecule has 0 atom stereocenters. The van der Waals surface area contributed by atoms with Crippen molar-refractivity contribution in [2.75, 3.05) is 7.11 Å². The third kappa shape index (κ3) is 1.96. The van der Waals surface area contributed by atoms with E-state index in [1.807, 2.05) is 0 Å². The summed E-state index contributed by atoms with van der Waals surface area (Å²) >= 11 is 3.95. The summed E-state index contributed by atoms with van der Waals surface area (Å²) < 4.78 is 29.9. The van der Waals surface area contributed by atoms with Crippen LogP contribution in [0.2, 0.25) is 0 Å².